The van der Waals surface area contributed by atoms with Crippen LogP contribution in [0.25, 0.3) is 11.1 Å². The number of amides is 2. The molecule has 0 heterocycles. The molecule has 6 nitrogen and oxygen atoms in total. The van der Waals surface area contributed by atoms with E-state index < -0.39 is 12.0 Å². The van der Waals surface area contributed by atoms with E-state index in [1.807, 2.05) is 24.3 Å². The van der Waals surface area contributed by atoms with Crippen LogP contribution < -0.4 is 11.2 Å². The van der Waals surface area contributed by atoms with E-state index >= 15 is 0 Å². The molecular weight excluding hydrogens is 270 g/mol. The molecule has 2 rings (SSSR count). The maximum atomic E-state index is 11.0. The summed E-state index contributed by atoms with van der Waals surface area (Å²) in [5.74, 6) is -0.972. The van der Waals surface area contributed by atoms with Gasteiger partial charge in [-0.3, -0.25) is 0 Å². The van der Waals surface area contributed by atoms with Gasteiger partial charge in [0, 0.05) is 0 Å². The number of primary amides is 1. The highest BCUT2D eigenvalue weighted by atomic mass is 16.4. The molecular formula is C15H13N3O3. The van der Waals surface area contributed by atoms with Crippen LogP contribution in [0, 0.1) is 0 Å². The second-order valence-electron chi connectivity index (χ2n) is 4.25. The number of carboxylic acid groups (broad SMARTS) is 1. The monoisotopic (exact) mass is 283 g/mol. The first-order chi connectivity index (χ1) is 10.1. The number of hydrazone groups is 1. The zero-order valence-corrected chi connectivity index (χ0v) is 11.0. The predicted octanol–water partition coefficient (Wildman–Crippen LogP) is 2.05. The molecule has 0 saturated heterocycles. The maximum absolute atomic E-state index is 11.0. The third-order valence-corrected chi connectivity index (χ3v) is 2.72. The molecule has 0 aliphatic rings. The predicted molar refractivity (Wildman–Crippen MR) is 79.2 cm³/mol. The van der Waals surface area contributed by atoms with Gasteiger partial charge in [0.1, 0.15) is 0 Å². The number of hydrogen-bond donors (Lipinski definition) is 3. The Morgan fingerprint density at radius 2 is 1.76 bits per heavy atom. The van der Waals surface area contributed by atoms with Gasteiger partial charge >= 0.3 is 12.0 Å². The molecule has 0 atom stereocenters. The number of aromatic carboxylic acids is 1. The number of benzene rings is 2. The summed E-state index contributed by atoms with van der Waals surface area (Å²) in [6.07, 6.45) is 1.45. The summed E-state index contributed by atoms with van der Waals surface area (Å²) < 4.78 is 0. The van der Waals surface area contributed by atoms with Gasteiger partial charge in [-0.1, -0.05) is 30.3 Å². The zero-order valence-electron chi connectivity index (χ0n) is 11.0. The molecule has 0 bridgehead atoms. The third kappa shape index (κ3) is 3.90. The molecule has 0 aliphatic heterocycles. The van der Waals surface area contributed by atoms with Crippen LogP contribution in [0.5, 0.6) is 0 Å². The fourth-order valence-electron chi connectivity index (χ4n) is 1.80. The first-order valence-electron chi connectivity index (χ1n) is 6.08. The standard InChI is InChI=1S/C15H13N3O3/c16-15(21)18-17-9-10-3-1-4-11(7-10)12-5-2-6-13(8-12)14(19)20/h1-9H,(H,19,20)(H3,16,18,21). The van der Waals surface area contributed by atoms with E-state index in [4.69, 9.17) is 10.8 Å². The molecule has 2 aromatic carbocycles. The second-order valence-corrected chi connectivity index (χ2v) is 4.25. The molecule has 106 valence electrons. The molecule has 2 amide bonds. The summed E-state index contributed by atoms with van der Waals surface area (Å²) in [7, 11) is 0. The highest BCUT2D eigenvalue weighted by Gasteiger charge is 2.05. The van der Waals surface area contributed by atoms with Gasteiger partial charge in [0.25, 0.3) is 0 Å². The normalized spacial score (nSPS) is 10.5. The molecule has 0 spiro atoms. The van der Waals surface area contributed by atoms with Crippen LogP contribution in [0.2, 0.25) is 0 Å². The Bertz CT molecular complexity index is 711. The van der Waals surface area contributed by atoms with Crippen molar-refractivity contribution >= 4 is 18.2 Å². The number of urea groups is 1. The van der Waals surface area contributed by atoms with Crippen molar-refractivity contribution in [2.24, 2.45) is 10.8 Å². The summed E-state index contributed by atoms with van der Waals surface area (Å²) in [6, 6.07) is 13.2. The Labute approximate surface area is 120 Å². The molecule has 0 fully saturated rings. The molecule has 2 aromatic rings. The molecule has 0 aliphatic carbocycles. The lowest BCUT2D eigenvalue weighted by Crippen LogP contribution is -2.24. The van der Waals surface area contributed by atoms with Crippen molar-refractivity contribution in [3.05, 3.63) is 59.7 Å². The van der Waals surface area contributed by atoms with Crippen molar-refractivity contribution in [1.29, 1.82) is 0 Å². The minimum Gasteiger partial charge on any atom is -0.478 e. The van der Waals surface area contributed by atoms with Crippen LogP contribution in [0.3, 0.4) is 0 Å². The van der Waals surface area contributed by atoms with Crippen LogP contribution in [-0.2, 0) is 0 Å². The molecule has 21 heavy (non-hydrogen) atoms. The van der Waals surface area contributed by atoms with Gasteiger partial charge in [0.2, 0.25) is 0 Å². The average molecular weight is 283 g/mol. The van der Waals surface area contributed by atoms with Crippen molar-refractivity contribution in [3.63, 3.8) is 0 Å². The Morgan fingerprint density at radius 1 is 1.10 bits per heavy atom. The van der Waals surface area contributed by atoms with Gasteiger partial charge in [-0.2, -0.15) is 5.10 Å². The lowest BCUT2D eigenvalue weighted by atomic mass is 10.0. The first-order valence-corrected chi connectivity index (χ1v) is 6.08. The van der Waals surface area contributed by atoms with Crippen LogP contribution in [0.15, 0.2) is 53.6 Å². The van der Waals surface area contributed by atoms with E-state index in [-0.39, 0.29) is 5.56 Å². The van der Waals surface area contributed by atoms with Crippen molar-refractivity contribution < 1.29 is 14.7 Å². The fraction of sp³-hybridized carbons (Fsp3) is 0. The van der Waals surface area contributed by atoms with E-state index in [2.05, 4.69) is 10.5 Å². The van der Waals surface area contributed by atoms with Crippen LogP contribution in [0.1, 0.15) is 15.9 Å². The molecule has 0 aromatic heterocycles. The van der Waals surface area contributed by atoms with Crippen molar-refractivity contribution in [1.82, 2.24) is 5.43 Å². The minimum absolute atomic E-state index is 0.224. The quantitative estimate of drug-likeness (QED) is 0.590. The van der Waals surface area contributed by atoms with Gasteiger partial charge in [-0.05, 0) is 34.9 Å². The average Bonchev–Trinajstić information content (AvgIpc) is 2.47. The zero-order chi connectivity index (χ0) is 15.2. The van der Waals surface area contributed by atoms with Crippen molar-refractivity contribution in [2.75, 3.05) is 0 Å². The number of carbonyl (C=O) groups is 2. The summed E-state index contributed by atoms with van der Waals surface area (Å²) in [6.45, 7) is 0. The Morgan fingerprint density at radius 3 is 2.43 bits per heavy atom. The number of nitrogens with zero attached hydrogens (tertiary/aromatic N) is 1. The van der Waals surface area contributed by atoms with Gasteiger partial charge in [0.15, 0.2) is 0 Å². The summed E-state index contributed by atoms with van der Waals surface area (Å²) in [5.41, 5.74) is 9.62. The molecule has 0 unspecified atom stereocenters. The summed E-state index contributed by atoms with van der Waals surface area (Å²) >= 11 is 0. The Balaban J connectivity index is 2.28. The maximum Gasteiger partial charge on any atom is 0.335 e. The molecule has 0 saturated carbocycles. The van der Waals surface area contributed by atoms with Crippen molar-refractivity contribution in [3.8, 4) is 11.1 Å². The number of carboxylic acids is 1. The van der Waals surface area contributed by atoms with E-state index in [0.717, 1.165) is 16.7 Å². The van der Waals surface area contributed by atoms with E-state index in [9.17, 15) is 9.59 Å². The van der Waals surface area contributed by atoms with E-state index in [0.29, 0.717) is 0 Å². The lowest BCUT2D eigenvalue weighted by Gasteiger charge is -2.04. The number of nitrogens with one attached hydrogen (secondary N) is 1. The molecule has 6 heteroatoms. The van der Waals surface area contributed by atoms with E-state index in [1.54, 1.807) is 18.2 Å². The van der Waals surface area contributed by atoms with Gasteiger partial charge in [-0.25, -0.2) is 15.0 Å². The molecule has 0 radical (unpaired) electrons. The number of carbonyl (C=O) groups excluding carboxylic acids is 1. The molecule has 4 N–H and O–H groups in total. The number of nitrogens with two attached hydrogens (primary N) is 1. The minimum atomic E-state index is -0.972. The lowest BCUT2D eigenvalue weighted by molar-refractivity contribution is 0.0697. The Kier molecular flexibility index (Phi) is 4.30. The first kappa shape index (κ1) is 14.3. The van der Waals surface area contributed by atoms with Crippen molar-refractivity contribution in [2.45, 2.75) is 0 Å². The summed E-state index contributed by atoms with van der Waals surface area (Å²) in [4.78, 5) is 21.5. The van der Waals surface area contributed by atoms with Gasteiger partial charge in [0.05, 0.1) is 11.8 Å². The number of hydrogen-bond acceptors (Lipinski definition) is 3. The fourth-order valence-corrected chi connectivity index (χ4v) is 1.80. The topological polar surface area (TPSA) is 105 Å². The third-order valence-electron chi connectivity index (χ3n) is 2.72. The summed E-state index contributed by atoms with van der Waals surface area (Å²) in [5, 5.41) is 12.7. The second kappa shape index (κ2) is 6.33. The van der Waals surface area contributed by atoms with E-state index in [1.165, 1.54) is 12.3 Å². The largest absolute Gasteiger partial charge is 0.478 e. The van der Waals surface area contributed by atoms with Crippen LogP contribution in [-0.4, -0.2) is 23.3 Å². The van der Waals surface area contributed by atoms with Crippen LogP contribution in [0.4, 0.5) is 4.79 Å². The highest BCUT2D eigenvalue weighted by molar-refractivity contribution is 5.90. The Hall–Kier alpha value is -3.15. The highest BCUT2D eigenvalue weighted by Crippen LogP contribution is 2.21. The smallest absolute Gasteiger partial charge is 0.335 e. The van der Waals surface area contributed by atoms with Gasteiger partial charge in [-0.15, -0.1) is 0 Å². The SMILES string of the molecule is NC(=O)NN=Cc1cccc(-c2cccc(C(=O)O)c2)c1. The number of rotatable bonds is 4. The van der Waals surface area contributed by atoms with Crippen LogP contribution >= 0.6 is 0 Å². The van der Waals surface area contributed by atoms with Gasteiger partial charge < -0.3 is 10.8 Å².